The highest BCUT2D eigenvalue weighted by Gasteiger charge is 2.14. The molecule has 128 valence electrons. The Balaban J connectivity index is 2.45. The highest BCUT2D eigenvalue weighted by Crippen LogP contribution is 2.35. The molecule has 0 aliphatic rings. The molecule has 0 radical (unpaired) electrons. The van der Waals surface area contributed by atoms with Crippen molar-refractivity contribution in [2.24, 2.45) is 0 Å². The number of halogens is 2. The number of benzene rings is 2. The molecule has 2 rings (SSSR count). The van der Waals surface area contributed by atoms with E-state index in [2.05, 4.69) is 10.2 Å². The van der Waals surface area contributed by atoms with Gasteiger partial charge in [0.2, 0.25) is 0 Å². The van der Waals surface area contributed by atoms with E-state index in [-0.39, 0.29) is 6.42 Å². The molecule has 0 aromatic heterocycles. The average molecular weight is 367 g/mol. The van der Waals surface area contributed by atoms with Crippen molar-refractivity contribution in [1.29, 1.82) is 0 Å². The van der Waals surface area contributed by atoms with Crippen molar-refractivity contribution in [1.82, 2.24) is 4.90 Å². The summed E-state index contributed by atoms with van der Waals surface area (Å²) in [6, 6.07) is 10.9. The van der Waals surface area contributed by atoms with Gasteiger partial charge in [0.05, 0.1) is 22.2 Å². The Labute approximate surface area is 152 Å². The molecule has 0 aliphatic carbocycles. The Bertz CT molecular complexity index is 713. The van der Waals surface area contributed by atoms with E-state index in [0.717, 1.165) is 24.2 Å². The SMILES string of the molecule is CN(C)CCc1cccc(CC(=O)O)c1Nc1c(Cl)cccc1Cl. The third-order valence-electron chi connectivity index (χ3n) is 3.62. The van der Waals surface area contributed by atoms with Crippen molar-refractivity contribution >= 4 is 40.5 Å². The second-order valence-electron chi connectivity index (χ2n) is 5.80. The van der Waals surface area contributed by atoms with E-state index in [0.29, 0.717) is 21.3 Å². The number of anilines is 2. The van der Waals surface area contributed by atoms with Crippen LogP contribution in [-0.4, -0.2) is 36.6 Å². The fourth-order valence-electron chi connectivity index (χ4n) is 2.42. The van der Waals surface area contributed by atoms with Gasteiger partial charge in [-0.2, -0.15) is 0 Å². The standard InChI is InChI=1S/C18H20Cl2N2O2/c1-22(2)10-9-12-5-3-6-13(11-16(23)24)17(12)21-18-14(19)7-4-8-15(18)20/h3-8,21H,9-11H2,1-2H3,(H,23,24). The zero-order chi connectivity index (χ0) is 17.7. The van der Waals surface area contributed by atoms with Crippen LogP contribution in [0.25, 0.3) is 0 Å². The van der Waals surface area contributed by atoms with E-state index in [1.165, 1.54) is 0 Å². The quantitative estimate of drug-likeness (QED) is 0.758. The molecule has 0 saturated heterocycles. The number of carboxylic acid groups (broad SMARTS) is 1. The number of para-hydroxylation sites is 2. The summed E-state index contributed by atoms with van der Waals surface area (Å²) in [6.45, 7) is 0.849. The van der Waals surface area contributed by atoms with Gasteiger partial charge in [-0.25, -0.2) is 0 Å². The molecule has 2 aromatic rings. The third kappa shape index (κ3) is 4.87. The van der Waals surface area contributed by atoms with Gasteiger partial charge in [0.25, 0.3) is 0 Å². The minimum Gasteiger partial charge on any atom is -0.481 e. The Kier molecular flexibility index (Phi) is 6.49. The predicted octanol–water partition coefficient (Wildman–Crippen LogP) is 4.47. The number of carbonyl (C=O) groups is 1. The molecule has 0 atom stereocenters. The smallest absolute Gasteiger partial charge is 0.307 e. The largest absolute Gasteiger partial charge is 0.481 e. The highest BCUT2D eigenvalue weighted by molar-refractivity contribution is 6.39. The zero-order valence-corrected chi connectivity index (χ0v) is 15.2. The molecule has 0 bridgehead atoms. The van der Waals surface area contributed by atoms with E-state index >= 15 is 0 Å². The molecular formula is C18H20Cl2N2O2. The van der Waals surface area contributed by atoms with Crippen molar-refractivity contribution in [3.8, 4) is 0 Å². The van der Waals surface area contributed by atoms with Gasteiger partial charge in [-0.1, -0.05) is 47.5 Å². The van der Waals surface area contributed by atoms with Crippen molar-refractivity contribution < 1.29 is 9.90 Å². The molecule has 2 N–H and O–H groups in total. The number of nitrogens with zero attached hydrogens (tertiary/aromatic N) is 1. The maximum atomic E-state index is 11.2. The maximum Gasteiger partial charge on any atom is 0.307 e. The van der Waals surface area contributed by atoms with Crippen LogP contribution >= 0.6 is 23.2 Å². The number of aliphatic carboxylic acids is 1. The zero-order valence-electron chi connectivity index (χ0n) is 13.6. The first-order chi connectivity index (χ1) is 11.4. The summed E-state index contributed by atoms with van der Waals surface area (Å²) in [5.74, 6) is -0.881. The molecule has 0 spiro atoms. The molecule has 0 amide bonds. The second kappa shape index (κ2) is 8.38. The first-order valence-corrected chi connectivity index (χ1v) is 8.32. The lowest BCUT2D eigenvalue weighted by atomic mass is 10.0. The van der Waals surface area contributed by atoms with E-state index < -0.39 is 5.97 Å². The average Bonchev–Trinajstić information content (AvgIpc) is 2.50. The van der Waals surface area contributed by atoms with Gasteiger partial charge in [-0.15, -0.1) is 0 Å². The molecule has 24 heavy (non-hydrogen) atoms. The summed E-state index contributed by atoms with van der Waals surface area (Å²) in [5.41, 5.74) is 3.08. The van der Waals surface area contributed by atoms with E-state index in [4.69, 9.17) is 23.2 Å². The minimum absolute atomic E-state index is 0.0692. The summed E-state index contributed by atoms with van der Waals surface area (Å²) < 4.78 is 0. The normalized spacial score (nSPS) is 10.9. The van der Waals surface area contributed by atoms with Gasteiger partial charge in [-0.3, -0.25) is 4.79 Å². The highest BCUT2D eigenvalue weighted by atomic mass is 35.5. The number of carboxylic acids is 1. The van der Waals surface area contributed by atoms with Gasteiger partial charge in [0.1, 0.15) is 0 Å². The molecule has 0 fully saturated rings. The summed E-state index contributed by atoms with van der Waals surface area (Å²) in [4.78, 5) is 13.3. The lowest BCUT2D eigenvalue weighted by Gasteiger charge is -2.19. The predicted molar refractivity (Wildman–Crippen MR) is 99.8 cm³/mol. The summed E-state index contributed by atoms with van der Waals surface area (Å²) in [6.07, 6.45) is 0.713. The minimum atomic E-state index is -0.881. The molecule has 0 aliphatic heterocycles. The van der Waals surface area contributed by atoms with Crippen molar-refractivity contribution in [2.75, 3.05) is 26.0 Å². The molecular weight excluding hydrogens is 347 g/mol. The Morgan fingerprint density at radius 2 is 1.62 bits per heavy atom. The van der Waals surface area contributed by atoms with Crippen LogP contribution in [-0.2, 0) is 17.6 Å². The number of likely N-dealkylation sites (N-methyl/N-ethyl adjacent to an activating group) is 1. The fraction of sp³-hybridized carbons (Fsp3) is 0.278. The topological polar surface area (TPSA) is 52.6 Å². The van der Waals surface area contributed by atoms with Crippen LogP contribution in [0.1, 0.15) is 11.1 Å². The third-order valence-corrected chi connectivity index (χ3v) is 4.25. The monoisotopic (exact) mass is 366 g/mol. The molecule has 0 saturated carbocycles. The summed E-state index contributed by atoms with van der Waals surface area (Å²) in [5, 5.41) is 13.4. The molecule has 0 heterocycles. The number of nitrogens with one attached hydrogen (secondary N) is 1. The maximum absolute atomic E-state index is 11.2. The second-order valence-corrected chi connectivity index (χ2v) is 6.61. The van der Waals surface area contributed by atoms with Crippen LogP contribution in [0.5, 0.6) is 0 Å². The van der Waals surface area contributed by atoms with Crippen molar-refractivity contribution in [3.05, 3.63) is 57.6 Å². The molecule has 4 nitrogen and oxygen atoms in total. The van der Waals surface area contributed by atoms with Gasteiger partial charge in [0, 0.05) is 12.2 Å². The van der Waals surface area contributed by atoms with Crippen LogP contribution in [0.15, 0.2) is 36.4 Å². The summed E-state index contributed by atoms with van der Waals surface area (Å²) >= 11 is 12.5. The summed E-state index contributed by atoms with van der Waals surface area (Å²) in [7, 11) is 4.00. The lowest BCUT2D eigenvalue weighted by Crippen LogP contribution is -2.16. The van der Waals surface area contributed by atoms with E-state index in [9.17, 15) is 9.90 Å². The lowest BCUT2D eigenvalue weighted by molar-refractivity contribution is -0.136. The van der Waals surface area contributed by atoms with Gasteiger partial charge < -0.3 is 15.3 Å². The molecule has 0 unspecified atom stereocenters. The van der Waals surface area contributed by atoms with E-state index in [1.807, 2.05) is 26.2 Å². The molecule has 6 heteroatoms. The van der Waals surface area contributed by atoms with Crippen molar-refractivity contribution in [2.45, 2.75) is 12.8 Å². The van der Waals surface area contributed by atoms with Crippen LogP contribution in [0.2, 0.25) is 10.0 Å². The number of hydrogen-bond donors (Lipinski definition) is 2. The van der Waals surface area contributed by atoms with Gasteiger partial charge in [0.15, 0.2) is 0 Å². The Morgan fingerprint density at radius 3 is 2.21 bits per heavy atom. The van der Waals surface area contributed by atoms with Crippen LogP contribution in [0.3, 0.4) is 0 Å². The van der Waals surface area contributed by atoms with Crippen molar-refractivity contribution in [3.63, 3.8) is 0 Å². The number of rotatable bonds is 7. The molecule has 2 aromatic carbocycles. The Hall–Kier alpha value is -1.75. The number of hydrogen-bond acceptors (Lipinski definition) is 3. The van der Waals surface area contributed by atoms with Crippen LogP contribution < -0.4 is 5.32 Å². The van der Waals surface area contributed by atoms with Gasteiger partial charge in [-0.05, 0) is 43.8 Å². The van der Waals surface area contributed by atoms with Crippen LogP contribution in [0, 0.1) is 0 Å². The first-order valence-electron chi connectivity index (χ1n) is 7.57. The first kappa shape index (κ1) is 18.6. The van der Waals surface area contributed by atoms with Crippen LogP contribution in [0.4, 0.5) is 11.4 Å². The van der Waals surface area contributed by atoms with Gasteiger partial charge >= 0.3 is 5.97 Å². The Morgan fingerprint density at radius 1 is 1.04 bits per heavy atom. The van der Waals surface area contributed by atoms with E-state index in [1.54, 1.807) is 24.3 Å². The fourth-order valence-corrected chi connectivity index (χ4v) is 2.91.